The van der Waals surface area contributed by atoms with E-state index in [0.717, 1.165) is 10.8 Å². The fourth-order valence-electron chi connectivity index (χ4n) is 2.21. The Labute approximate surface area is 132 Å². The molecule has 0 aliphatic carbocycles. The number of carbonyl (C=O) groups excluding carboxylic acids is 1. The van der Waals surface area contributed by atoms with Crippen LogP contribution in [0.1, 0.15) is 10.4 Å². The van der Waals surface area contributed by atoms with Crippen molar-refractivity contribution in [3.63, 3.8) is 0 Å². The first-order chi connectivity index (χ1) is 9.74. The minimum Gasteiger partial charge on any atom is -1.00 e. The summed E-state index contributed by atoms with van der Waals surface area (Å²) >= 11 is 0. The first-order valence-corrected chi connectivity index (χ1v) is 6.39. The van der Waals surface area contributed by atoms with Crippen molar-refractivity contribution in [2.24, 2.45) is 0 Å². The minimum absolute atomic E-state index is 0. The molecule has 3 rings (SSSR count). The Morgan fingerprint density at radius 2 is 1.62 bits per heavy atom. The van der Waals surface area contributed by atoms with Crippen molar-refractivity contribution in [3.8, 4) is 0 Å². The van der Waals surface area contributed by atoms with Gasteiger partial charge in [0.1, 0.15) is 5.82 Å². The average Bonchev–Trinajstić information content (AvgIpc) is 2.47. The molecule has 1 aromatic heterocycles. The molecule has 2 aromatic carbocycles. The Kier molecular flexibility index (Phi) is 4.81. The highest BCUT2D eigenvalue weighted by Crippen LogP contribution is 2.10. The number of aromatic nitrogens is 1. The van der Waals surface area contributed by atoms with Gasteiger partial charge in [0.25, 0.3) is 0 Å². The van der Waals surface area contributed by atoms with E-state index in [-0.39, 0.29) is 34.9 Å². The van der Waals surface area contributed by atoms with Crippen molar-refractivity contribution in [2.45, 2.75) is 6.54 Å². The zero-order valence-corrected chi connectivity index (χ0v) is 12.8. The summed E-state index contributed by atoms with van der Waals surface area (Å²) in [7, 11) is 0. The molecule has 0 radical (unpaired) electrons. The van der Waals surface area contributed by atoms with E-state index >= 15 is 0 Å². The number of pyridine rings is 1. The van der Waals surface area contributed by atoms with Crippen molar-refractivity contribution >= 4 is 16.6 Å². The van der Waals surface area contributed by atoms with Crippen LogP contribution in [-0.2, 0) is 6.54 Å². The van der Waals surface area contributed by atoms with Gasteiger partial charge in [0, 0.05) is 11.5 Å². The third kappa shape index (κ3) is 3.34. The lowest BCUT2D eigenvalue weighted by atomic mass is 10.1. The van der Waals surface area contributed by atoms with Crippen LogP contribution >= 0.6 is 0 Å². The second-order valence-electron chi connectivity index (χ2n) is 4.65. The maximum Gasteiger partial charge on any atom is 0.230 e. The summed E-state index contributed by atoms with van der Waals surface area (Å²) in [4.78, 5) is 12.1. The molecule has 0 unspecified atom stereocenters. The zero-order valence-electron chi connectivity index (χ0n) is 11.2. The summed E-state index contributed by atoms with van der Waals surface area (Å²) in [6.07, 6.45) is 3.73. The van der Waals surface area contributed by atoms with Crippen molar-refractivity contribution in [2.75, 3.05) is 0 Å². The van der Waals surface area contributed by atoms with Crippen LogP contribution in [-0.4, -0.2) is 5.78 Å². The van der Waals surface area contributed by atoms with Gasteiger partial charge in [0.05, 0.1) is 5.56 Å². The second kappa shape index (κ2) is 6.59. The molecular weight excluding hydrogens is 333 g/mol. The molecule has 0 spiro atoms. The van der Waals surface area contributed by atoms with Gasteiger partial charge >= 0.3 is 0 Å². The topological polar surface area (TPSA) is 20.9 Å². The minimum atomic E-state index is -0.473. The predicted molar refractivity (Wildman–Crippen MR) is 74.9 cm³/mol. The predicted octanol–water partition coefficient (Wildman–Crippen LogP) is 0.153. The molecule has 2 nitrogen and oxygen atoms in total. The standard InChI is InChI=1S/C17H13FNO.BrH/c18-16-8-4-3-7-15(16)17(20)12-19-10-9-13-5-1-2-6-14(13)11-19;/h1-11H,12H2;1H/q+1;/p-1. The Morgan fingerprint density at radius 3 is 2.38 bits per heavy atom. The lowest BCUT2D eigenvalue weighted by molar-refractivity contribution is -0.681. The third-order valence-electron chi connectivity index (χ3n) is 3.25. The van der Waals surface area contributed by atoms with Crippen molar-refractivity contribution in [3.05, 3.63) is 78.4 Å². The molecule has 0 atom stereocenters. The number of carbonyl (C=O) groups is 1. The molecule has 21 heavy (non-hydrogen) atoms. The fraction of sp³-hybridized carbons (Fsp3) is 0.0588. The number of Topliss-reactive ketones (excluding diaryl/α,β-unsaturated/α-hetero) is 1. The molecule has 1 heterocycles. The molecule has 0 aliphatic rings. The largest absolute Gasteiger partial charge is 1.00 e. The normalized spacial score (nSPS) is 10.1. The molecule has 0 N–H and O–H groups in total. The summed E-state index contributed by atoms with van der Waals surface area (Å²) < 4.78 is 15.3. The Balaban J connectivity index is 0.00000161. The molecule has 0 saturated carbocycles. The summed E-state index contributed by atoms with van der Waals surface area (Å²) in [5.74, 6) is -0.706. The smallest absolute Gasteiger partial charge is 0.230 e. The maximum absolute atomic E-state index is 13.6. The van der Waals surface area contributed by atoms with Crippen LogP contribution < -0.4 is 21.5 Å². The Hall–Kier alpha value is -2.07. The van der Waals surface area contributed by atoms with Crippen molar-refractivity contribution in [1.82, 2.24) is 0 Å². The van der Waals surface area contributed by atoms with E-state index in [1.54, 1.807) is 16.7 Å². The maximum atomic E-state index is 13.6. The molecule has 0 amide bonds. The molecule has 3 aromatic rings. The number of hydrogen-bond donors (Lipinski definition) is 0. The van der Waals surface area contributed by atoms with E-state index in [9.17, 15) is 9.18 Å². The van der Waals surface area contributed by atoms with E-state index in [1.165, 1.54) is 12.1 Å². The summed E-state index contributed by atoms with van der Waals surface area (Å²) in [5.41, 5.74) is 0.133. The lowest BCUT2D eigenvalue weighted by Crippen LogP contribution is -3.00. The Morgan fingerprint density at radius 1 is 0.952 bits per heavy atom. The van der Waals surface area contributed by atoms with Crippen molar-refractivity contribution < 1.29 is 30.7 Å². The first-order valence-electron chi connectivity index (χ1n) is 6.39. The number of rotatable bonds is 3. The van der Waals surface area contributed by atoms with E-state index < -0.39 is 5.82 Å². The second-order valence-corrected chi connectivity index (χ2v) is 4.65. The molecule has 4 heteroatoms. The molecule has 0 aliphatic heterocycles. The number of hydrogen-bond acceptors (Lipinski definition) is 1. The van der Waals surface area contributed by atoms with E-state index in [2.05, 4.69) is 0 Å². The number of benzene rings is 2. The van der Waals surface area contributed by atoms with Crippen LogP contribution in [0.25, 0.3) is 10.8 Å². The first kappa shape index (κ1) is 15.3. The summed E-state index contributed by atoms with van der Waals surface area (Å²) in [6, 6.07) is 15.9. The molecule has 0 fully saturated rings. The number of fused-ring (bicyclic) bond motifs is 1. The molecular formula is C17H13BrFNO. The van der Waals surface area contributed by atoms with Crippen LogP contribution in [0, 0.1) is 5.82 Å². The average molecular weight is 346 g/mol. The zero-order chi connectivity index (χ0) is 13.9. The highest BCUT2D eigenvalue weighted by molar-refractivity contribution is 5.95. The number of halogens is 2. The van der Waals surface area contributed by atoms with Gasteiger partial charge in [-0.3, -0.25) is 4.79 Å². The lowest BCUT2D eigenvalue weighted by Gasteiger charge is -2.01. The number of ketones is 1. The van der Waals surface area contributed by atoms with Gasteiger partial charge in [0.15, 0.2) is 12.4 Å². The van der Waals surface area contributed by atoms with Gasteiger partial charge in [-0.2, -0.15) is 4.57 Å². The van der Waals surface area contributed by atoms with Crippen LogP contribution in [0.4, 0.5) is 4.39 Å². The van der Waals surface area contributed by atoms with Crippen LogP contribution in [0.15, 0.2) is 67.0 Å². The third-order valence-corrected chi connectivity index (χ3v) is 3.25. The van der Waals surface area contributed by atoms with E-state index in [1.807, 2.05) is 42.7 Å². The van der Waals surface area contributed by atoms with Crippen LogP contribution in [0.3, 0.4) is 0 Å². The SMILES string of the molecule is O=C(C[n+]1ccc2ccccc2c1)c1ccccc1F.[Br-]. The quantitative estimate of drug-likeness (QED) is 0.489. The highest BCUT2D eigenvalue weighted by atomic mass is 79.9. The molecule has 106 valence electrons. The highest BCUT2D eigenvalue weighted by Gasteiger charge is 2.15. The van der Waals surface area contributed by atoms with Gasteiger partial charge in [-0.25, -0.2) is 4.39 Å². The molecule has 0 saturated heterocycles. The van der Waals surface area contributed by atoms with Crippen LogP contribution in [0.2, 0.25) is 0 Å². The monoisotopic (exact) mass is 345 g/mol. The van der Waals surface area contributed by atoms with E-state index in [0.29, 0.717) is 0 Å². The van der Waals surface area contributed by atoms with Gasteiger partial charge in [-0.15, -0.1) is 0 Å². The summed E-state index contributed by atoms with van der Waals surface area (Å²) in [6.45, 7) is 0.131. The molecule has 0 bridgehead atoms. The van der Waals surface area contributed by atoms with Gasteiger partial charge in [-0.05, 0) is 23.6 Å². The number of nitrogens with zero attached hydrogens (tertiary/aromatic N) is 1. The van der Waals surface area contributed by atoms with Crippen LogP contribution in [0.5, 0.6) is 0 Å². The van der Waals surface area contributed by atoms with Gasteiger partial charge in [-0.1, -0.05) is 30.3 Å². The summed E-state index contributed by atoms with van der Waals surface area (Å²) in [5, 5.41) is 2.17. The Bertz CT molecular complexity index is 788. The van der Waals surface area contributed by atoms with Crippen molar-refractivity contribution in [1.29, 1.82) is 0 Å². The van der Waals surface area contributed by atoms with E-state index in [4.69, 9.17) is 0 Å². The fourth-order valence-corrected chi connectivity index (χ4v) is 2.21. The van der Waals surface area contributed by atoms with Gasteiger partial charge in [0.2, 0.25) is 12.3 Å². The van der Waals surface area contributed by atoms with Gasteiger partial charge < -0.3 is 17.0 Å².